The number of amides is 1. The predicted octanol–water partition coefficient (Wildman–Crippen LogP) is 3.68. The van der Waals surface area contributed by atoms with Crippen molar-refractivity contribution in [2.45, 2.75) is 32.2 Å². The van der Waals surface area contributed by atoms with Gasteiger partial charge in [0.15, 0.2) is 5.82 Å². The van der Waals surface area contributed by atoms with Crippen LogP contribution in [-0.4, -0.2) is 32.5 Å². The molecule has 4 rings (SSSR count). The second kappa shape index (κ2) is 7.61. The summed E-state index contributed by atoms with van der Waals surface area (Å²) in [4.78, 5) is 23.5. The molecule has 0 bridgehead atoms. The van der Waals surface area contributed by atoms with E-state index in [0.29, 0.717) is 35.1 Å². The van der Waals surface area contributed by atoms with Crippen LogP contribution in [0.3, 0.4) is 0 Å². The number of piperidine rings is 1. The SMILES string of the molecule is Cc1noc([C@H]2CCCCN2C(=O)c2cccc(-c3cccnc3C#N)c2)n1. The van der Waals surface area contributed by atoms with Gasteiger partial charge in [0.05, 0.1) is 0 Å². The third kappa shape index (κ3) is 3.37. The maximum Gasteiger partial charge on any atom is 0.254 e. The fourth-order valence-corrected chi connectivity index (χ4v) is 3.59. The van der Waals surface area contributed by atoms with Crippen molar-refractivity contribution in [3.8, 4) is 17.2 Å². The number of aryl methyl sites for hydroxylation is 1. The molecule has 28 heavy (non-hydrogen) atoms. The Morgan fingerprint density at radius 3 is 2.96 bits per heavy atom. The Hall–Kier alpha value is -3.53. The first-order chi connectivity index (χ1) is 13.7. The van der Waals surface area contributed by atoms with Crippen LogP contribution in [-0.2, 0) is 0 Å². The number of aromatic nitrogens is 3. The molecule has 7 heteroatoms. The number of rotatable bonds is 3. The Labute approximate surface area is 162 Å². The Kier molecular flexibility index (Phi) is 4.85. The summed E-state index contributed by atoms with van der Waals surface area (Å²) >= 11 is 0. The lowest BCUT2D eigenvalue weighted by atomic mass is 9.98. The van der Waals surface area contributed by atoms with Crippen molar-refractivity contribution in [1.82, 2.24) is 20.0 Å². The summed E-state index contributed by atoms with van der Waals surface area (Å²) in [5, 5.41) is 13.2. The van der Waals surface area contributed by atoms with Crippen LogP contribution >= 0.6 is 0 Å². The van der Waals surface area contributed by atoms with E-state index < -0.39 is 0 Å². The third-order valence-corrected chi connectivity index (χ3v) is 4.93. The molecule has 0 unspecified atom stereocenters. The van der Waals surface area contributed by atoms with Gasteiger partial charge < -0.3 is 9.42 Å². The number of hydrogen-bond donors (Lipinski definition) is 0. The Morgan fingerprint density at radius 2 is 2.18 bits per heavy atom. The molecule has 0 N–H and O–H groups in total. The number of benzene rings is 1. The van der Waals surface area contributed by atoms with Gasteiger partial charge in [-0.05, 0) is 56.0 Å². The average Bonchev–Trinajstić information content (AvgIpc) is 3.19. The zero-order valence-corrected chi connectivity index (χ0v) is 15.5. The van der Waals surface area contributed by atoms with Gasteiger partial charge in [-0.2, -0.15) is 10.2 Å². The van der Waals surface area contributed by atoms with Crippen LogP contribution < -0.4 is 0 Å². The van der Waals surface area contributed by atoms with E-state index in [1.54, 1.807) is 25.3 Å². The molecular formula is C21H19N5O2. The van der Waals surface area contributed by atoms with Crippen molar-refractivity contribution in [2.75, 3.05) is 6.54 Å². The van der Waals surface area contributed by atoms with Crippen LogP contribution in [0, 0.1) is 18.3 Å². The zero-order chi connectivity index (χ0) is 19.5. The minimum absolute atomic E-state index is 0.0789. The fraction of sp³-hybridized carbons (Fsp3) is 0.286. The molecule has 1 aliphatic rings. The summed E-state index contributed by atoms with van der Waals surface area (Å²) in [7, 11) is 0. The first-order valence-electron chi connectivity index (χ1n) is 9.24. The zero-order valence-electron chi connectivity index (χ0n) is 15.5. The molecule has 3 heterocycles. The van der Waals surface area contributed by atoms with E-state index in [9.17, 15) is 10.1 Å². The van der Waals surface area contributed by atoms with Gasteiger partial charge in [0.2, 0.25) is 5.89 Å². The Morgan fingerprint density at radius 1 is 1.29 bits per heavy atom. The van der Waals surface area contributed by atoms with Crippen molar-refractivity contribution < 1.29 is 9.32 Å². The van der Waals surface area contributed by atoms with Gasteiger partial charge in [-0.25, -0.2) is 4.98 Å². The van der Waals surface area contributed by atoms with Crippen LogP contribution in [0.5, 0.6) is 0 Å². The standard InChI is InChI=1S/C21H19N5O2/c1-14-24-20(28-25-14)19-9-2-3-11-26(19)21(27)16-7-4-6-15(12-16)17-8-5-10-23-18(17)13-22/h4-8,10,12,19H,2-3,9,11H2,1H3/t19-/m1/s1. The number of pyridine rings is 1. The number of carbonyl (C=O) groups excluding carboxylic acids is 1. The van der Waals surface area contributed by atoms with E-state index >= 15 is 0 Å². The summed E-state index contributed by atoms with van der Waals surface area (Å²) < 4.78 is 5.34. The normalized spacial score (nSPS) is 16.6. The highest BCUT2D eigenvalue weighted by Gasteiger charge is 2.32. The first-order valence-corrected chi connectivity index (χ1v) is 9.24. The van der Waals surface area contributed by atoms with E-state index in [1.165, 1.54) is 0 Å². The molecule has 0 spiro atoms. The maximum absolute atomic E-state index is 13.3. The van der Waals surface area contributed by atoms with E-state index in [0.717, 1.165) is 24.8 Å². The largest absolute Gasteiger partial charge is 0.337 e. The second-order valence-corrected chi connectivity index (χ2v) is 6.78. The summed E-state index contributed by atoms with van der Waals surface area (Å²) in [6.45, 7) is 2.41. The van der Waals surface area contributed by atoms with Crippen LogP contribution in [0.2, 0.25) is 0 Å². The van der Waals surface area contributed by atoms with Crippen molar-refractivity contribution in [1.29, 1.82) is 5.26 Å². The predicted molar refractivity (Wildman–Crippen MR) is 101 cm³/mol. The van der Waals surface area contributed by atoms with Crippen LogP contribution in [0.25, 0.3) is 11.1 Å². The third-order valence-electron chi connectivity index (χ3n) is 4.93. The Bertz CT molecular complexity index is 1050. The number of hydrogen-bond acceptors (Lipinski definition) is 6. The quantitative estimate of drug-likeness (QED) is 0.695. The van der Waals surface area contributed by atoms with Crippen molar-refractivity contribution in [2.24, 2.45) is 0 Å². The lowest BCUT2D eigenvalue weighted by Crippen LogP contribution is -2.38. The van der Waals surface area contributed by atoms with Gasteiger partial charge in [0, 0.05) is 23.9 Å². The first kappa shape index (κ1) is 17.9. The molecule has 2 aromatic heterocycles. The van der Waals surface area contributed by atoms with Crippen molar-refractivity contribution in [3.63, 3.8) is 0 Å². The molecule has 1 aliphatic heterocycles. The van der Waals surface area contributed by atoms with Gasteiger partial charge in [0.1, 0.15) is 17.8 Å². The Balaban J connectivity index is 1.67. The molecule has 1 atom stereocenters. The van der Waals surface area contributed by atoms with E-state index in [1.807, 2.05) is 29.2 Å². The molecule has 0 aliphatic carbocycles. The average molecular weight is 373 g/mol. The van der Waals surface area contributed by atoms with Gasteiger partial charge in [-0.3, -0.25) is 4.79 Å². The highest BCUT2D eigenvalue weighted by Crippen LogP contribution is 2.32. The van der Waals surface area contributed by atoms with Crippen molar-refractivity contribution in [3.05, 3.63) is 65.6 Å². The molecule has 0 saturated carbocycles. The van der Waals surface area contributed by atoms with E-state index in [-0.39, 0.29) is 11.9 Å². The summed E-state index contributed by atoms with van der Waals surface area (Å²) in [5.41, 5.74) is 2.40. The summed E-state index contributed by atoms with van der Waals surface area (Å²) in [6.07, 6.45) is 4.34. The minimum atomic E-state index is -0.209. The molecule has 1 aromatic carbocycles. The molecule has 0 radical (unpaired) electrons. The lowest BCUT2D eigenvalue weighted by molar-refractivity contribution is 0.0561. The second-order valence-electron chi connectivity index (χ2n) is 6.78. The van der Waals surface area contributed by atoms with Crippen LogP contribution in [0.1, 0.15) is 53.1 Å². The topological polar surface area (TPSA) is 95.9 Å². The molecule has 140 valence electrons. The number of nitriles is 1. The van der Waals surface area contributed by atoms with Crippen LogP contribution in [0.4, 0.5) is 0 Å². The van der Waals surface area contributed by atoms with Gasteiger partial charge in [0.25, 0.3) is 5.91 Å². The summed E-state index contributed by atoms with van der Waals surface area (Å²) in [6, 6.07) is 12.8. The maximum atomic E-state index is 13.3. The number of likely N-dealkylation sites (tertiary alicyclic amines) is 1. The van der Waals surface area contributed by atoms with E-state index in [2.05, 4.69) is 21.2 Å². The van der Waals surface area contributed by atoms with Gasteiger partial charge in [-0.1, -0.05) is 17.3 Å². The molecule has 7 nitrogen and oxygen atoms in total. The molecule has 1 saturated heterocycles. The molecule has 1 fully saturated rings. The van der Waals surface area contributed by atoms with E-state index in [4.69, 9.17) is 4.52 Å². The van der Waals surface area contributed by atoms with Gasteiger partial charge in [-0.15, -0.1) is 0 Å². The minimum Gasteiger partial charge on any atom is -0.337 e. The monoisotopic (exact) mass is 373 g/mol. The van der Waals surface area contributed by atoms with Crippen molar-refractivity contribution >= 4 is 5.91 Å². The molecular weight excluding hydrogens is 354 g/mol. The van der Waals surface area contributed by atoms with Crippen LogP contribution in [0.15, 0.2) is 47.1 Å². The number of carbonyl (C=O) groups is 1. The smallest absolute Gasteiger partial charge is 0.254 e. The fourth-order valence-electron chi connectivity index (χ4n) is 3.59. The molecule has 3 aromatic rings. The number of nitrogens with zero attached hydrogens (tertiary/aromatic N) is 5. The lowest BCUT2D eigenvalue weighted by Gasteiger charge is -2.33. The molecule has 1 amide bonds. The van der Waals surface area contributed by atoms with Gasteiger partial charge >= 0.3 is 0 Å². The highest BCUT2D eigenvalue weighted by molar-refractivity contribution is 5.96. The highest BCUT2D eigenvalue weighted by atomic mass is 16.5. The summed E-state index contributed by atoms with van der Waals surface area (Å²) in [5.74, 6) is 0.973.